The molecule has 0 aliphatic carbocycles. The number of thioether (sulfide) groups is 1. The third kappa shape index (κ3) is 13.0. The lowest BCUT2D eigenvalue weighted by atomic mass is 9.97. The van der Waals surface area contributed by atoms with Crippen LogP contribution in [0.15, 0.2) is 0 Å². The number of aliphatic carboxylic acids is 3. The van der Waals surface area contributed by atoms with Crippen molar-refractivity contribution in [2.75, 3.05) is 12.0 Å². The number of amides is 3. The number of carboxylic acids is 3. The van der Waals surface area contributed by atoms with E-state index in [4.69, 9.17) is 15.9 Å². The highest BCUT2D eigenvalue weighted by Crippen LogP contribution is 2.11. The zero-order valence-corrected chi connectivity index (χ0v) is 20.9. The largest absolute Gasteiger partial charge is 0.481 e. The molecule has 0 spiro atoms. The van der Waals surface area contributed by atoms with Crippen LogP contribution in [0.5, 0.6) is 0 Å². The Labute approximate surface area is 208 Å². The van der Waals surface area contributed by atoms with Crippen molar-refractivity contribution in [1.29, 1.82) is 0 Å². The Kier molecular flexibility index (Phi) is 15.3. The average molecular weight is 521 g/mol. The normalized spacial score (nSPS) is 15.1. The molecule has 0 heterocycles. The number of nitrogens with one attached hydrogen (secondary N) is 3. The minimum Gasteiger partial charge on any atom is -0.481 e. The molecule has 0 rings (SSSR count). The minimum absolute atomic E-state index is 0.123. The summed E-state index contributed by atoms with van der Waals surface area (Å²) in [5.74, 6) is -5.84. The van der Waals surface area contributed by atoms with E-state index in [9.17, 15) is 33.9 Å². The van der Waals surface area contributed by atoms with Crippen molar-refractivity contribution in [2.45, 2.75) is 76.5 Å². The maximum atomic E-state index is 13.0. The predicted octanol–water partition coefficient (Wildman–Crippen LogP) is -0.618. The molecule has 0 aromatic carbocycles. The Hall–Kier alpha value is -2.87. The van der Waals surface area contributed by atoms with Crippen molar-refractivity contribution in [3.05, 3.63) is 0 Å². The SMILES string of the molecule is CC[C@H](C)[C@H](NC(=O)[C@@H](N)CCC(=O)O)C(=O)N[C@@H](CCSC)C(=O)N[C@@H](CCC(=O)O)C(=O)O. The molecular formula is C21H36N4O9S. The van der Waals surface area contributed by atoms with Crippen LogP contribution in [-0.4, -0.2) is 87.1 Å². The van der Waals surface area contributed by atoms with Crippen molar-refractivity contribution >= 4 is 47.4 Å². The van der Waals surface area contributed by atoms with Gasteiger partial charge in [-0.3, -0.25) is 24.0 Å². The maximum absolute atomic E-state index is 13.0. The van der Waals surface area contributed by atoms with Crippen LogP contribution < -0.4 is 21.7 Å². The monoisotopic (exact) mass is 520 g/mol. The summed E-state index contributed by atoms with van der Waals surface area (Å²) >= 11 is 1.40. The molecule has 35 heavy (non-hydrogen) atoms. The van der Waals surface area contributed by atoms with Gasteiger partial charge in [-0.15, -0.1) is 0 Å². The first kappa shape index (κ1) is 32.1. The lowest BCUT2D eigenvalue weighted by Crippen LogP contribution is -2.58. The molecule has 0 aliphatic rings. The first-order chi connectivity index (χ1) is 16.3. The Morgan fingerprint density at radius 2 is 1.34 bits per heavy atom. The Balaban J connectivity index is 5.49. The summed E-state index contributed by atoms with van der Waals surface area (Å²) in [5.41, 5.74) is 5.73. The van der Waals surface area contributed by atoms with Crippen LogP contribution in [0.25, 0.3) is 0 Å². The molecule has 14 heteroatoms. The predicted molar refractivity (Wildman–Crippen MR) is 128 cm³/mol. The van der Waals surface area contributed by atoms with Gasteiger partial charge in [0.05, 0.1) is 6.04 Å². The number of carbonyl (C=O) groups is 6. The van der Waals surface area contributed by atoms with Crippen LogP contribution in [0.3, 0.4) is 0 Å². The fourth-order valence-electron chi connectivity index (χ4n) is 2.94. The zero-order chi connectivity index (χ0) is 27.1. The second-order valence-electron chi connectivity index (χ2n) is 8.09. The van der Waals surface area contributed by atoms with Crippen LogP contribution in [0.2, 0.25) is 0 Å². The second kappa shape index (κ2) is 16.7. The lowest BCUT2D eigenvalue weighted by molar-refractivity contribution is -0.143. The third-order valence-corrected chi connectivity index (χ3v) is 5.95. The highest BCUT2D eigenvalue weighted by molar-refractivity contribution is 7.98. The second-order valence-corrected chi connectivity index (χ2v) is 9.07. The van der Waals surface area contributed by atoms with Gasteiger partial charge >= 0.3 is 17.9 Å². The third-order valence-electron chi connectivity index (χ3n) is 5.30. The molecule has 0 saturated heterocycles. The average Bonchev–Trinajstić information content (AvgIpc) is 2.79. The maximum Gasteiger partial charge on any atom is 0.326 e. The summed E-state index contributed by atoms with van der Waals surface area (Å²) in [7, 11) is 0. The first-order valence-electron chi connectivity index (χ1n) is 11.2. The van der Waals surface area contributed by atoms with Gasteiger partial charge in [-0.05, 0) is 37.2 Å². The summed E-state index contributed by atoms with van der Waals surface area (Å²) in [5, 5.41) is 34.2. The molecule has 0 saturated carbocycles. The van der Waals surface area contributed by atoms with E-state index in [0.717, 1.165) is 0 Å². The van der Waals surface area contributed by atoms with Crippen LogP contribution in [0.4, 0.5) is 0 Å². The highest BCUT2D eigenvalue weighted by atomic mass is 32.2. The molecule has 0 fully saturated rings. The molecule has 3 amide bonds. The van der Waals surface area contributed by atoms with Crippen molar-refractivity contribution in [3.8, 4) is 0 Å². The van der Waals surface area contributed by atoms with Crippen molar-refractivity contribution in [2.24, 2.45) is 11.7 Å². The number of rotatable bonds is 18. The molecule has 13 nitrogen and oxygen atoms in total. The summed E-state index contributed by atoms with van der Waals surface area (Å²) in [6.45, 7) is 3.50. The molecule has 8 N–H and O–H groups in total. The fourth-order valence-corrected chi connectivity index (χ4v) is 3.41. The Bertz CT molecular complexity index is 765. The van der Waals surface area contributed by atoms with Gasteiger partial charge in [0.25, 0.3) is 0 Å². The lowest BCUT2D eigenvalue weighted by Gasteiger charge is -2.28. The van der Waals surface area contributed by atoms with Gasteiger partial charge in [-0.25, -0.2) is 4.79 Å². The molecule has 0 aromatic heterocycles. The molecule has 0 aromatic rings. The van der Waals surface area contributed by atoms with E-state index in [2.05, 4.69) is 16.0 Å². The van der Waals surface area contributed by atoms with Gasteiger partial charge in [-0.2, -0.15) is 11.8 Å². The molecular weight excluding hydrogens is 484 g/mol. The molecule has 0 radical (unpaired) electrons. The summed E-state index contributed by atoms with van der Waals surface area (Å²) in [4.78, 5) is 71.2. The van der Waals surface area contributed by atoms with E-state index in [-0.39, 0.29) is 31.6 Å². The molecule has 5 atom stereocenters. The topological polar surface area (TPSA) is 225 Å². The molecule has 0 bridgehead atoms. The standard InChI is InChI=1S/C21H36N4O9S/c1-4-11(2)17(25-18(30)12(22)5-7-15(26)27)20(32)23-13(9-10-35-3)19(31)24-14(21(33)34)6-8-16(28)29/h11-14,17H,4-10,22H2,1-3H3,(H,23,32)(H,24,31)(H,25,30)(H,26,27)(H,28,29)(H,33,34)/t11-,12-,13-,14-,17-/m0/s1. The number of hydrogen-bond donors (Lipinski definition) is 7. The van der Waals surface area contributed by atoms with Gasteiger partial charge < -0.3 is 37.0 Å². The Morgan fingerprint density at radius 3 is 1.83 bits per heavy atom. The van der Waals surface area contributed by atoms with Crippen LogP contribution in [0, 0.1) is 5.92 Å². The van der Waals surface area contributed by atoms with Crippen LogP contribution >= 0.6 is 11.8 Å². The van der Waals surface area contributed by atoms with E-state index in [0.29, 0.717) is 12.2 Å². The molecule has 200 valence electrons. The van der Waals surface area contributed by atoms with Crippen molar-refractivity contribution in [1.82, 2.24) is 16.0 Å². The van der Waals surface area contributed by atoms with Crippen molar-refractivity contribution in [3.63, 3.8) is 0 Å². The molecule has 0 aliphatic heterocycles. The first-order valence-corrected chi connectivity index (χ1v) is 12.5. The van der Waals surface area contributed by atoms with Crippen molar-refractivity contribution < 1.29 is 44.1 Å². The minimum atomic E-state index is -1.45. The zero-order valence-electron chi connectivity index (χ0n) is 20.1. The van der Waals surface area contributed by atoms with Gasteiger partial charge in [-0.1, -0.05) is 20.3 Å². The van der Waals surface area contributed by atoms with E-state index in [1.807, 2.05) is 0 Å². The number of carbonyl (C=O) groups excluding carboxylic acids is 3. The van der Waals surface area contributed by atoms with Gasteiger partial charge in [0.2, 0.25) is 17.7 Å². The van der Waals surface area contributed by atoms with E-state index < -0.39 is 66.2 Å². The highest BCUT2D eigenvalue weighted by Gasteiger charge is 2.32. The van der Waals surface area contributed by atoms with E-state index in [1.165, 1.54) is 11.8 Å². The quantitative estimate of drug-likeness (QED) is 0.120. The van der Waals surface area contributed by atoms with Crippen LogP contribution in [-0.2, 0) is 28.8 Å². The van der Waals surface area contributed by atoms with E-state index >= 15 is 0 Å². The van der Waals surface area contributed by atoms with Gasteiger partial charge in [0.15, 0.2) is 0 Å². The smallest absolute Gasteiger partial charge is 0.326 e. The Morgan fingerprint density at radius 1 is 0.800 bits per heavy atom. The van der Waals surface area contributed by atoms with Gasteiger partial charge in [0, 0.05) is 12.8 Å². The summed E-state index contributed by atoms with van der Waals surface area (Å²) < 4.78 is 0. The number of carboxylic acid groups (broad SMARTS) is 3. The van der Waals surface area contributed by atoms with Crippen LogP contribution in [0.1, 0.15) is 52.4 Å². The van der Waals surface area contributed by atoms with Gasteiger partial charge in [0.1, 0.15) is 18.1 Å². The van der Waals surface area contributed by atoms with E-state index in [1.54, 1.807) is 20.1 Å². The number of nitrogens with two attached hydrogens (primary N) is 1. The molecule has 0 unspecified atom stereocenters. The summed E-state index contributed by atoms with van der Waals surface area (Å²) in [6, 6.07) is -4.81. The number of hydrogen-bond acceptors (Lipinski definition) is 8. The fraction of sp³-hybridized carbons (Fsp3) is 0.714. The summed E-state index contributed by atoms with van der Waals surface area (Å²) in [6.07, 6.45) is 1.18.